The lowest BCUT2D eigenvalue weighted by Crippen LogP contribution is -2.41. The van der Waals surface area contributed by atoms with Gasteiger partial charge in [0.2, 0.25) is 0 Å². The maximum absolute atomic E-state index is 14.5. The number of aromatic nitrogens is 6. The van der Waals surface area contributed by atoms with E-state index in [1.165, 1.54) is 11.4 Å². The van der Waals surface area contributed by atoms with Crippen molar-refractivity contribution in [3.63, 3.8) is 0 Å². The van der Waals surface area contributed by atoms with Gasteiger partial charge in [-0.1, -0.05) is 0 Å². The monoisotopic (exact) mass is 476 g/mol. The zero-order valence-electron chi connectivity index (χ0n) is 16.2. The minimum absolute atomic E-state index is 0.0255. The second kappa shape index (κ2) is 7.82. The van der Waals surface area contributed by atoms with Crippen LogP contribution in [0.4, 0.5) is 32.4 Å². The zero-order chi connectivity index (χ0) is 24.0. The summed E-state index contributed by atoms with van der Waals surface area (Å²) in [5.41, 5.74) is -1.66. The topological polar surface area (TPSA) is 150 Å². The molecule has 3 aromatic heterocycles. The maximum Gasteiger partial charge on any atom is 0.408 e. The summed E-state index contributed by atoms with van der Waals surface area (Å²) in [7, 11) is 0. The average Bonchev–Trinajstić information content (AvgIpc) is 3.29. The van der Waals surface area contributed by atoms with E-state index in [0.29, 0.717) is 0 Å². The number of alkyl carbamates (subject to hydrolysis) is 1. The third-order valence-electron chi connectivity index (χ3n) is 4.61. The predicted octanol–water partition coefficient (Wildman–Crippen LogP) is 0.280. The molecular formula is C16H13F5N8O4. The Kier molecular flexibility index (Phi) is 5.25. The van der Waals surface area contributed by atoms with Gasteiger partial charge >= 0.3 is 23.9 Å². The molecule has 1 atom stereocenters. The van der Waals surface area contributed by atoms with Gasteiger partial charge in [0.1, 0.15) is 18.6 Å². The molecule has 1 aliphatic heterocycles. The van der Waals surface area contributed by atoms with Crippen molar-refractivity contribution in [1.82, 2.24) is 35.1 Å². The van der Waals surface area contributed by atoms with Crippen LogP contribution in [-0.2, 0) is 4.74 Å². The van der Waals surface area contributed by atoms with Crippen LogP contribution < -0.4 is 21.5 Å². The van der Waals surface area contributed by atoms with Crippen molar-refractivity contribution in [2.75, 3.05) is 24.5 Å². The van der Waals surface area contributed by atoms with Gasteiger partial charge in [-0.25, -0.2) is 23.4 Å². The van der Waals surface area contributed by atoms with Crippen LogP contribution in [-0.4, -0.2) is 73.7 Å². The van der Waals surface area contributed by atoms with Crippen molar-refractivity contribution in [3.05, 3.63) is 39.4 Å². The summed E-state index contributed by atoms with van der Waals surface area (Å²) in [5.74, 6) is -3.62. The molecule has 1 unspecified atom stereocenters. The number of amides is 1. The fourth-order valence-corrected chi connectivity index (χ4v) is 3.17. The van der Waals surface area contributed by atoms with Crippen molar-refractivity contribution < 1.29 is 31.5 Å². The van der Waals surface area contributed by atoms with Gasteiger partial charge in [-0.05, 0) is 6.07 Å². The smallest absolute Gasteiger partial charge is 0.408 e. The largest absolute Gasteiger partial charge is 0.438 e. The van der Waals surface area contributed by atoms with E-state index < -0.39 is 55.2 Å². The van der Waals surface area contributed by atoms with Crippen molar-refractivity contribution in [3.8, 4) is 11.3 Å². The Balaban J connectivity index is 1.64. The fraction of sp³-hybridized carbons (Fsp3) is 0.375. The molecule has 3 aromatic rings. The second-order valence-corrected chi connectivity index (χ2v) is 6.98. The number of hydrogen-bond donors (Lipinski definition) is 3. The Morgan fingerprint density at radius 1 is 1.33 bits per heavy atom. The lowest BCUT2D eigenvalue weighted by Gasteiger charge is -2.18. The van der Waals surface area contributed by atoms with E-state index in [0.717, 1.165) is 22.1 Å². The molecule has 3 N–H and O–H groups in total. The van der Waals surface area contributed by atoms with Crippen molar-refractivity contribution >= 4 is 17.4 Å². The first kappa shape index (κ1) is 22.2. The molecule has 0 aromatic carbocycles. The van der Waals surface area contributed by atoms with Crippen LogP contribution in [0, 0.1) is 0 Å². The summed E-state index contributed by atoms with van der Waals surface area (Å²) in [6.45, 7) is -3.31. The molecule has 33 heavy (non-hydrogen) atoms. The number of ether oxygens (including phenoxy) is 1. The molecule has 1 amide bonds. The van der Waals surface area contributed by atoms with E-state index >= 15 is 0 Å². The van der Waals surface area contributed by atoms with E-state index in [1.54, 1.807) is 0 Å². The Labute approximate surface area is 178 Å². The highest BCUT2D eigenvalue weighted by molar-refractivity contribution is 5.74. The number of rotatable bonds is 4. The third-order valence-corrected chi connectivity index (χ3v) is 4.61. The van der Waals surface area contributed by atoms with Crippen molar-refractivity contribution in [2.24, 2.45) is 0 Å². The molecule has 4 heterocycles. The second-order valence-electron chi connectivity index (χ2n) is 6.98. The number of alkyl halides is 5. The first-order valence-electron chi connectivity index (χ1n) is 9.10. The summed E-state index contributed by atoms with van der Waals surface area (Å²) in [6, 6.07) is 1.25. The summed E-state index contributed by atoms with van der Waals surface area (Å²) in [5, 5.41) is 9.26. The van der Waals surface area contributed by atoms with Gasteiger partial charge in [-0.15, -0.1) is 14.8 Å². The Morgan fingerprint density at radius 2 is 2.09 bits per heavy atom. The van der Waals surface area contributed by atoms with Crippen molar-refractivity contribution in [2.45, 2.75) is 18.2 Å². The quantitative estimate of drug-likeness (QED) is 0.455. The van der Waals surface area contributed by atoms with Crippen molar-refractivity contribution in [1.29, 1.82) is 0 Å². The van der Waals surface area contributed by atoms with Gasteiger partial charge in [0.05, 0.1) is 24.3 Å². The normalized spacial score (nSPS) is 18.0. The molecule has 0 aliphatic carbocycles. The Morgan fingerprint density at radius 3 is 2.79 bits per heavy atom. The maximum atomic E-state index is 14.5. The number of fused-ring (bicyclic) bond motifs is 1. The van der Waals surface area contributed by atoms with Crippen LogP contribution in [0.2, 0.25) is 0 Å². The summed E-state index contributed by atoms with van der Waals surface area (Å²) >= 11 is 0. The number of anilines is 1. The standard InChI is InChI=1S/C16H13F5N8O4/c17-15(18)5-28(3-10(15)33-14(32)23-4-16(19,20)21)9-1-8(27-29-11(9)24-6-25-29)7-2-22-13(31)26-12(7)30/h1-2,6,10H,3-5H2,(H,23,32)(H2,22,26,30,31). The number of nitrogens with zero attached hydrogens (tertiary/aromatic N) is 5. The number of carbonyl (C=O) groups excluding carboxylic acids is 1. The highest BCUT2D eigenvalue weighted by Crippen LogP contribution is 2.35. The molecule has 0 saturated carbocycles. The molecule has 12 nitrogen and oxygen atoms in total. The highest BCUT2D eigenvalue weighted by atomic mass is 19.4. The van der Waals surface area contributed by atoms with Crippen LogP contribution in [0.15, 0.2) is 28.2 Å². The van der Waals surface area contributed by atoms with Gasteiger partial charge in [0, 0.05) is 6.20 Å². The van der Waals surface area contributed by atoms with E-state index in [1.807, 2.05) is 4.98 Å². The number of hydrogen-bond acceptors (Lipinski definition) is 8. The van der Waals surface area contributed by atoms with E-state index in [-0.39, 0.29) is 22.6 Å². The Hall–Kier alpha value is -4.05. The van der Waals surface area contributed by atoms with Gasteiger partial charge in [-0.3, -0.25) is 9.78 Å². The van der Waals surface area contributed by atoms with E-state index in [9.17, 15) is 36.3 Å². The molecule has 0 radical (unpaired) electrons. The molecule has 1 fully saturated rings. The number of aromatic amines is 2. The molecule has 1 aliphatic rings. The average molecular weight is 476 g/mol. The van der Waals surface area contributed by atoms with Crippen LogP contribution in [0.25, 0.3) is 16.9 Å². The summed E-state index contributed by atoms with van der Waals surface area (Å²) < 4.78 is 71.2. The van der Waals surface area contributed by atoms with E-state index in [2.05, 4.69) is 24.9 Å². The first-order chi connectivity index (χ1) is 15.4. The lowest BCUT2D eigenvalue weighted by molar-refractivity contribution is -0.125. The number of H-pyrrole nitrogens is 2. The van der Waals surface area contributed by atoms with Crippen LogP contribution in [0.1, 0.15) is 0 Å². The SMILES string of the molecule is O=C(NCC(F)(F)F)OC1CN(c2cc(-c3c[nH]c(=O)[nH]c3=O)nn3ncnc23)CC1(F)F. The highest BCUT2D eigenvalue weighted by Gasteiger charge is 2.51. The molecule has 17 heteroatoms. The number of halogens is 5. The molecular weight excluding hydrogens is 463 g/mol. The van der Waals surface area contributed by atoms with Crippen LogP contribution in [0.3, 0.4) is 0 Å². The molecule has 1 saturated heterocycles. The molecule has 4 rings (SSSR count). The van der Waals surface area contributed by atoms with Gasteiger partial charge in [0.25, 0.3) is 5.56 Å². The molecule has 0 spiro atoms. The third kappa shape index (κ3) is 4.60. The minimum Gasteiger partial charge on any atom is -0.438 e. The minimum atomic E-state index is -4.74. The summed E-state index contributed by atoms with van der Waals surface area (Å²) in [4.78, 5) is 44.2. The van der Waals surface area contributed by atoms with Crippen LogP contribution >= 0.6 is 0 Å². The van der Waals surface area contributed by atoms with Crippen LogP contribution in [0.5, 0.6) is 0 Å². The van der Waals surface area contributed by atoms with E-state index in [4.69, 9.17) is 0 Å². The van der Waals surface area contributed by atoms with Gasteiger partial charge < -0.3 is 19.9 Å². The number of carbonyl (C=O) groups is 1. The van der Waals surface area contributed by atoms with Gasteiger partial charge in [0.15, 0.2) is 11.8 Å². The predicted molar refractivity (Wildman–Crippen MR) is 98.9 cm³/mol. The number of nitrogens with one attached hydrogen (secondary N) is 3. The fourth-order valence-electron chi connectivity index (χ4n) is 3.17. The molecule has 0 bridgehead atoms. The Bertz CT molecular complexity index is 1320. The lowest BCUT2D eigenvalue weighted by atomic mass is 10.2. The molecule has 176 valence electrons. The zero-order valence-corrected chi connectivity index (χ0v) is 16.2. The summed E-state index contributed by atoms with van der Waals surface area (Å²) in [6.07, 6.45) is -6.30. The first-order valence-corrected chi connectivity index (χ1v) is 9.10. The van der Waals surface area contributed by atoms with Gasteiger partial charge in [-0.2, -0.15) is 13.2 Å².